The predicted octanol–water partition coefficient (Wildman–Crippen LogP) is 9.71. The molecule has 2 amide bonds. The van der Waals surface area contributed by atoms with Gasteiger partial charge in [0.2, 0.25) is 0 Å². The summed E-state index contributed by atoms with van der Waals surface area (Å²) in [6.07, 6.45) is 0. The van der Waals surface area contributed by atoms with Gasteiger partial charge in [0, 0.05) is 38.6 Å². The Morgan fingerprint density at radius 2 is 0.865 bits per heavy atom. The normalized spacial score (nSPS) is 12.4. The minimum Gasteiger partial charge on any atom is -0.307 e. The second-order valence-electron chi connectivity index (χ2n) is 12.7. The molecule has 0 N–H and O–H groups in total. The summed E-state index contributed by atoms with van der Waals surface area (Å²) in [5.41, 5.74) is 5.78. The molecule has 7 aromatic carbocycles. The van der Waals surface area contributed by atoms with E-state index in [2.05, 4.69) is 0 Å². The number of imide groups is 1. The maximum atomic E-state index is 14.8. The van der Waals surface area contributed by atoms with E-state index in [1.807, 2.05) is 114 Å². The number of aromatic nitrogens is 1. The Kier molecular flexibility index (Phi) is 7.30. The highest BCUT2D eigenvalue weighted by Gasteiger charge is 2.40. The van der Waals surface area contributed by atoms with Gasteiger partial charge in [-0.25, -0.2) is 4.90 Å². The molecule has 1 aromatic heterocycles. The third-order valence-electron chi connectivity index (χ3n) is 9.73. The molecule has 52 heavy (non-hydrogen) atoms. The third-order valence-corrected chi connectivity index (χ3v) is 9.73. The SMILES string of the molecule is O=C(c1ccccc1)c1cccc2c3cccc(C(=O)c4ccccc4)c3n(-c3cccc4c3C(=O)N(c3ccccc3-c3ccccc3)C4=O)c12. The quantitative estimate of drug-likeness (QED) is 0.125. The summed E-state index contributed by atoms with van der Waals surface area (Å²) in [5, 5.41) is 1.47. The number of nitrogens with zero attached hydrogens (tertiary/aromatic N) is 2. The van der Waals surface area contributed by atoms with Crippen LogP contribution in [0.25, 0.3) is 38.6 Å². The van der Waals surface area contributed by atoms with Crippen LogP contribution in [0.3, 0.4) is 0 Å². The highest BCUT2D eigenvalue weighted by molar-refractivity contribution is 6.37. The van der Waals surface area contributed by atoms with E-state index in [4.69, 9.17) is 0 Å². The molecule has 0 atom stereocenters. The van der Waals surface area contributed by atoms with E-state index in [1.54, 1.807) is 60.7 Å². The average Bonchev–Trinajstić information content (AvgIpc) is 3.69. The molecule has 0 bridgehead atoms. The van der Waals surface area contributed by atoms with Crippen LogP contribution < -0.4 is 4.90 Å². The fourth-order valence-corrected chi connectivity index (χ4v) is 7.42. The summed E-state index contributed by atoms with van der Waals surface area (Å²) < 4.78 is 1.84. The number of benzene rings is 7. The lowest BCUT2D eigenvalue weighted by atomic mass is 9.99. The van der Waals surface area contributed by atoms with Gasteiger partial charge in [0.05, 0.1) is 33.5 Å². The molecule has 0 fully saturated rings. The summed E-state index contributed by atoms with van der Waals surface area (Å²) in [5.74, 6) is -1.36. The molecule has 0 saturated heterocycles. The van der Waals surface area contributed by atoms with E-state index in [1.165, 1.54) is 4.90 Å². The average molecular weight is 673 g/mol. The number of carbonyl (C=O) groups is 4. The number of fused-ring (bicyclic) bond motifs is 4. The molecule has 0 aliphatic carbocycles. The lowest BCUT2D eigenvalue weighted by Crippen LogP contribution is -2.30. The molecular formula is C46H28N2O4. The number of ketones is 2. The number of hydrogen-bond donors (Lipinski definition) is 0. The maximum Gasteiger partial charge on any atom is 0.268 e. The van der Waals surface area contributed by atoms with E-state index in [0.29, 0.717) is 44.7 Å². The van der Waals surface area contributed by atoms with Gasteiger partial charge in [0.15, 0.2) is 11.6 Å². The fourth-order valence-electron chi connectivity index (χ4n) is 7.42. The van der Waals surface area contributed by atoms with Crippen molar-refractivity contribution < 1.29 is 19.2 Å². The van der Waals surface area contributed by atoms with Crippen molar-refractivity contribution in [2.45, 2.75) is 0 Å². The van der Waals surface area contributed by atoms with Crippen molar-refractivity contribution in [1.29, 1.82) is 0 Å². The van der Waals surface area contributed by atoms with Gasteiger partial charge in [0.25, 0.3) is 11.8 Å². The molecule has 1 aliphatic heterocycles. The summed E-state index contributed by atoms with van der Waals surface area (Å²) >= 11 is 0. The zero-order valence-corrected chi connectivity index (χ0v) is 27.7. The molecule has 246 valence electrons. The molecule has 1 aliphatic rings. The molecule has 6 heteroatoms. The molecular weight excluding hydrogens is 645 g/mol. The second kappa shape index (κ2) is 12.3. The van der Waals surface area contributed by atoms with E-state index >= 15 is 0 Å². The van der Waals surface area contributed by atoms with Crippen molar-refractivity contribution in [3.05, 3.63) is 203 Å². The van der Waals surface area contributed by atoms with Crippen LogP contribution >= 0.6 is 0 Å². The number of hydrogen-bond acceptors (Lipinski definition) is 4. The van der Waals surface area contributed by atoms with Gasteiger partial charge < -0.3 is 4.57 Å². The maximum absolute atomic E-state index is 14.8. The van der Waals surface area contributed by atoms with E-state index in [9.17, 15) is 19.2 Å². The first-order valence-corrected chi connectivity index (χ1v) is 16.9. The summed E-state index contributed by atoms with van der Waals surface area (Å²) in [6.45, 7) is 0. The van der Waals surface area contributed by atoms with E-state index in [-0.39, 0.29) is 22.7 Å². The van der Waals surface area contributed by atoms with Crippen molar-refractivity contribution in [2.75, 3.05) is 4.90 Å². The molecule has 0 spiro atoms. The van der Waals surface area contributed by atoms with Gasteiger partial charge in [-0.1, -0.05) is 140 Å². The Balaban J connectivity index is 1.34. The topological polar surface area (TPSA) is 76.5 Å². The van der Waals surface area contributed by atoms with Crippen molar-refractivity contribution >= 4 is 50.9 Å². The second-order valence-corrected chi connectivity index (χ2v) is 12.7. The molecule has 9 rings (SSSR count). The molecule has 0 saturated carbocycles. The summed E-state index contributed by atoms with van der Waals surface area (Å²) in [7, 11) is 0. The van der Waals surface area contributed by atoms with Gasteiger partial charge in [-0.2, -0.15) is 0 Å². The largest absolute Gasteiger partial charge is 0.307 e. The Morgan fingerprint density at radius 3 is 1.44 bits per heavy atom. The zero-order chi connectivity index (χ0) is 35.3. The Hall–Kier alpha value is -7.18. The van der Waals surface area contributed by atoms with Crippen molar-refractivity contribution in [3.63, 3.8) is 0 Å². The smallest absolute Gasteiger partial charge is 0.268 e. The summed E-state index contributed by atoms with van der Waals surface area (Å²) in [6, 6.07) is 51.2. The standard InChI is InChI=1S/C46H28N2O4/c49-43(30-17-6-2-7-18-30)36-25-12-22-33-34-23-13-26-37(44(50)31-19-8-3-9-20-31)42(34)47(41(33)36)39-28-14-24-35-40(39)46(52)48(45(35)51)38-27-11-10-21-32(38)29-15-4-1-5-16-29/h1-28H. The number of carbonyl (C=O) groups excluding carboxylic acids is 4. The lowest BCUT2D eigenvalue weighted by molar-refractivity contribution is 0.0924. The first-order chi connectivity index (χ1) is 25.5. The van der Waals surface area contributed by atoms with E-state index < -0.39 is 11.8 Å². The minimum absolute atomic E-state index is 0.193. The summed E-state index contributed by atoms with van der Waals surface area (Å²) in [4.78, 5) is 59.0. The molecule has 2 heterocycles. The monoisotopic (exact) mass is 672 g/mol. The number of amides is 2. The van der Waals surface area contributed by atoms with Crippen LogP contribution in [0.4, 0.5) is 5.69 Å². The number of anilines is 1. The van der Waals surface area contributed by atoms with Gasteiger partial charge in [-0.05, 0) is 35.9 Å². The Labute approximate surface area is 298 Å². The van der Waals surface area contributed by atoms with E-state index in [0.717, 1.165) is 21.9 Å². The first-order valence-electron chi connectivity index (χ1n) is 16.9. The number of rotatable bonds is 7. The van der Waals surface area contributed by atoms with Crippen LogP contribution in [0.2, 0.25) is 0 Å². The van der Waals surface area contributed by atoms with Gasteiger partial charge in [-0.15, -0.1) is 0 Å². The fraction of sp³-hybridized carbons (Fsp3) is 0. The van der Waals surface area contributed by atoms with Crippen molar-refractivity contribution in [1.82, 2.24) is 4.57 Å². The van der Waals surface area contributed by atoms with Crippen molar-refractivity contribution in [2.24, 2.45) is 0 Å². The highest BCUT2D eigenvalue weighted by Crippen LogP contribution is 2.42. The third kappa shape index (κ3) is 4.73. The van der Waals surface area contributed by atoms with Crippen LogP contribution in [0, 0.1) is 0 Å². The lowest BCUT2D eigenvalue weighted by Gasteiger charge is -2.19. The van der Waals surface area contributed by atoms with Crippen LogP contribution in [-0.2, 0) is 0 Å². The van der Waals surface area contributed by atoms with Gasteiger partial charge in [0.1, 0.15) is 0 Å². The number of para-hydroxylation sites is 3. The van der Waals surface area contributed by atoms with Crippen LogP contribution in [0.15, 0.2) is 170 Å². The Morgan fingerprint density at radius 1 is 0.404 bits per heavy atom. The molecule has 6 nitrogen and oxygen atoms in total. The molecule has 0 radical (unpaired) electrons. The van der Waals surface area contributed by atoms with Crippen LogP contribution in [0.5, 0.6) is 0 Å². The van der Waals surface area contributed by atoms with Gasteiger partial charge in [-0.3, -0.25) is 19.2 Å². The first kappa shape index (κ1) is 30.8. The predicted molar refractivity (Wildman–Crippen MR) is 204 cm³/mol. The molecule has 0 unspecified atom stereocenters. The van der Waals surface area contributed by atoms with Crippen LogP contribution in [0.1, 0.15) is 52.6 Å². The molecule has 8 aromatic rings. The highest BCUT2D eigenvalue weighted by atomic mass is 16.2. The Bertz CT molecular complexity index is 2640. The zero-order valence-electron chi connectivity index (χ0n) is 27.7. The van der Waals surface area contributed by atoms with Crippen molar-refractivity contribution in [3.8, 4) is 16.8 Å². The minimum atomic E-state index is -0.493. The van der Waals surface area contributed by atoms with Gasteiger partial charge >= 0.3 is 0 Å². The van der Waals surface area contributed by atoms with Crippen LogP contribution in [-0.4, -0.2) is 27.9 Å².